The van der Waals surface area contributed by atoms with Crippen molar-refractivity contribution in [1.82, 2.24) is 15.3 Å². The van der Waals surface area contributed by atoms with Crippen LogP contribution in [0.25, 0.3) is 6.08 Å². The lowest BCUT2D eigenvalue weighted by atomic mass is 9.77. The normalized spacial score (nSPS) is 18.6. The smallest absolute Gasteiger partial charge is 0.480 e. The molecule has 0 saturated carbocycles. The number of nitrogens with one attached hydrogen (secondary N) is 1. The first-order valence-electron chi connectivity index (χ1n) is 8.35. The van der Waals surface area contributed by atoms with Gasteiger partial charge in [-0.05, 0) is 33.2 Å². The zero-order valence-corrected chi connectivity index (χ0v) is 16.4. The Balaban J connectivity index is 2.39. The number of hydrogen-bond acceptors (Lipinski definition) is 7. The highest BCUT2D eigenvalue weighted by Gasteiger charge is 2.52. The summed E-state index contributed by atoms with van der Waals surface area (Å²) in [4.78, 5) is 19.7. The van der Waals surface area contributed by atoms with Crippen LogP contribution in [-0.2, 0) is 14.1 Å². The van der Waals surface area contributed by atoms with E-state index in [-0.39, 0.29) is 18.5 Å². The van der Waals surface area contributed by atoms with Gasteiger partial charge in [0, 0.05) is 19.7 Å². The third kappa shape index (κ3) is 4.34. The number of carbonyl (C=O) groups excluding carboxylic acids is 1. The van der Waals surface area contributed by atoms with Crippen LogP contribution >= 0.6 is 0 Å². The van der Waals surface area contributed by atoms with E-state index in [1.54, 1.807) is 12.3 Å². The minimum absolute atomic E-state index is 0.148. The molecule has 1 aromatic heterocycles. The highest BCUT2D eigenvalue weighted by atomic mass is 16.7. The van der Waals surface area contributed by atoms with Crippen molar-refractivity contribution in [2.24, 2.45) is 0 Å². The van der Waals surface area contributed by atoms with E-state index in [2.05, 4.69) is 15.3 Å². The van der Waals surface area contributed by atoms with Crippen LogP contribution < -0.4 is 14.8 Å². The summed E-state index contributed by atoms with van der Waals surface area (Å²) in [6.07, 6.45) is 3.39. The molecule has 1 N–H and O–H groups in total. The quantitative estimate of drug-likeness (QED) is 0.769. The monoisotopic (exact) mass is 363 g/mol. The Morgan fingerprint density at radius 1 is 1.23 bits per heavy atom. The van der Waals surface area contributed by atoms with Gasteiger partial charge in [0.05, 0.1) is 31.0 Å². The first-order chi connectivity index (χ1) is 12.1. The fourth-order valence-electron chi connectivity index (χ4n) is 2.34. The summed E-state index contributed by atoms with van der Waals surface area (Å²) in [5.74, 6) is 0.207. The van der Waals surface area contributed by atoms with Crippen LogP contribution in [0.5, 0.6) is 11.9 Å². The number of aromatic nitrogens is 2. The van der Waals surface area contributed by atoms with Gasteiger partial charge in [0.25, 0.3) is 0 Å². The molecule has 142 valence electrons. The molecule has 1 aromatic rings. The molecule has 26 heavy (non-hydrogen) atoms. The van der Waals surface area contributed by atoms with Crippen LogP contribution in [0.15, 0.2) is 11.7 Å². The third-order valence-corrected chi connectivity index (χ3v) is 4.57. The number of hydrogen-bond donors (Lipinski definition) is 1. The average molecular weight is 363 g/mol. The van der Waals surface area contributed by atoms with Crippen LogP contribution in [-0.4, -0.2) is 55.0 Å². The molecule has 0 atom stereocenters. The second-order valence-corrected chi connectivity index (χ2v) is 7.04. The van der Waals surface area contributed by atoms with Crippen LogP contribution in [0, 0.1) is 0 Å². The van der Waals surface area contributed by atoms with Crippen molar-refractivity contribution in [3.05, 3.63) is 17.2 Å². The molecule has 0 aliphatic carbocycles. The lowest BCUT2D eigenvalue weighted by Gasteiger charge is -2.32. The first-order valence-corrected chi connectivity index (χ1v) is 8.35. The maximum Gasteiger partial charge on any atom is 0.492 e. The number of methoxy groups -OCH3 is 2. The Morgan fingerprint density at radius 2 is 1.85 bits per heavy atom. The minimum Gasteiger partial charge on any atom is -0.480 e. The summed E-state index contributed by atoms with van der Waals surface area (Å²) in [5, 5.41) is 2.78. The molecule has 0 bridgehead atoms. The van der Waals surface area contributed by atoms with Gasteiger partial charge < -0.3 is 24.1 Å². The van der Waals surface area contributed by atoms with Crippen molar-refractivity contribution >= 4 is 19.1 Å². The fraction of sp³-hybridized carbons (Fsp3) is 0.588. The van der Waals surface area contributed by atoms with Gasteiger partial charge in [-0.3, -0.25) is 4.79 Å². The van der Waals surface area contributed by atoms with Crippen molar-refractivity contribution in [2.75, 3.05) is 20.8 Å². The van der Waals surface area contributed by atoms with Crippen molar-refractivity contribution in [2.45, 2.75) is 45.8 Å². The zero-order valence-electron chi connectivity index (χ0n) is 16.4. The molecule has 0 unspecified atom stereocenters. The second-order valence-electron chi connectivity index (χ2n) is 7.04. The number of amides is 1. The van der Waals surface area contributed by atoms with E-state index >= 15 is 0 Å². The lowest BCUT2D eigenvalue weighted by Crippen LogP contribution is -2.41. The number of rotatable bonds is 6. The largest absolute Gasteiger partial charge is 0.492 e. The predicted molar refractivity (Wildman–Crippen MR) is 97.9 cm³/mol. The summed E-state index contributed by atoms with van der Waals surface area (Å²) >= 11 is 0. The molecule has 0 aromatic carbocycles. The SMILES string of the molecule is COc1ncc(C=C(CNC(C)=O)B2OC(C)(C)C(C)(C)O2)c(OC)n1. The first kappa shape index (κ1) is 20.2. The van der Waals surface area contributed by atoms with E-state index in [4.69, 9.17) is 18.8 Å². The molecular formula is C17H26BN3O5. The van der Waals surface area contributed by atoms with Crippen LogP contribution in [0.4, 0.5) is 0 Å². The molecule has 1 fully saturated rings. The summed E-state index contributed by atoms with van der Waals surface area (Å²) < 4.78 is 22.5. The standard InChI is InChI=1S/C17H26BN3O5/c1-11(22)19-10-13(18-25-16(2,3)17(4,5)26-18)8-12-9-20-15(24-7)21-14(12)23-6/h8-9H,10H2,1-7H3,(H,19,22). The van der Waals surface area contributed by atoms with Crippen LogP contribution in [0.1, 0.15) is 40.2 Å². The third-order valence-electron chi connectivity index (χ3n) is 4.57. The lowest BCUT2D eigenvalue weighted by molar-refractivity contribution is -0.118. The van der Waals surface area contributed by atoms with E-state index in [0.29, 0.717) is 11.4 Å². The molecular weight excluding hydrogens is 337 g/mol. The van der Waals surface area contributed by atoms with E-state index in [9.17, 15) is 4.79 Å². The fourth-order valence-corrected chi connectivity index (χ4v) is 2.34. The maximum absolute atomic E-state index is 11.4. The summed E-state index contributed by atoms with van der Waals surface area (Å²) in [6.45, 7) is 9.61. The van der Waals surface area contributed by atoms with Gasteiger partial charge in [0.15, 0.2) is 0 Å². The van der Waals surface area contributed by atoms with E-state index in [1.165, 1.54) is 21.1 Å². The van der Waals surface area contributed by atoms with Gasteiger partial charge >= 0.3 is 13.1 Å². The summed E-state index contributed by atoms with van der Waals surface area (Å²) in [6, 6.07) is 0.207. The molecule has 8 nitrogen and oxygen atoms in total. The Kier molecular flexibility index (Phi) is 5.93. The van der Waals surface area contributed by atoms with E-state index in [1.807, 2.05) is 27.7 Å². The van der Waals surface area contributed by atoms with Gasteiger partial charge in [0.1, 0.15) is 0 Å². The van der Waals surface area contributed by atoms with Gasteiger partial charge in [-0.15, -0.1) is 0 Å². The molecule has 1 aliphatic heterocycles. The highest BCUT2D eigenvalue weighted by Crippen LogP contribution is 2.39. The van der Waals surface area contributed by atoms with E-state index < -0.39 is 18.3 Å². The molecule has 2 heterocycles. The summed E-state index contributed by atoms with van der Waals surface area (Å²) in [7, 11) is 2.39. The Bertz CT molecular complexity index is 690. The number of nitrogens with zero attached hydrogens (tertiary/aromatic N) is 2. The van der Waals surface area contributed by atoms with Gasteiger partial charge in [-0.2, -0.15) is 4.98 Å². The van der Waals surface area contributed by atoms with Crippen LogP contribution in [0.3, 0.4) is 0 Å². The number of ether oxygens (including phenoxy) is 2. The highest BCUT2D eigenvalue weighted by molar-refractivity contribution is 6.56. The molecule has 0 radical (unpaired) electrons. The Hall–Kier alpha value is -2.13. The van der Waals surface area contributed by atoms with E-state index in [0.717, 1.165) is 5.47 Å². The maximum atomic E-state index is 11.4. The average Bonchev–Trinajstić information content (AvgIpc) is 2.79. The second kappa shape index (κ2) is 7.63. The van der Waals surface area contributed by atoms with Gasteiger partial charge in [-0.1, -0.05) is 6.08 Å². The number of carbonyl (C=O) groups is 1. The molecule has 1 amide bonds. The molecule has 2 rings (SSSR count). The van der Waals surface area contributed by atoms with Crippen molar-refractivity contribution in [3.8, 4) is 11.9 Å². The van der Waals surface area contributed by atoms with Crippen molar-refractivity contribution < 1.29 is 23.6 Å². The summed E-state index contributed by atoms with van der Waals surface area (Å²) in [5.41, 5.74) is 0.371. The molecule has 1 saturated heterocycles. The predicted octanol–water partition coefficient (Wildman–Crippen LogP) is 1.64. The van der Waals surface area contributed by atoms with Crippen molar-refractivity contribution in [3.63, 3.8) is 0 Å². The Morgan fingerprint density at radius 3 is 2.35 bits per heavy atom. The molecule has 1 aliphatic rings. The van der Waals surface area contributed by atoms with Crippen molar-refractivity contribution in [1.29, 1.82) is 0 Å². The van der Waals surface area contributed by atoms with Gasteiger partial charge in [0.2, 0.25) is 11.8 Å². The zero-order chi connectivity index (χ0) is 19.5. The topological polar surface area (TPSA) is 91.8 Å². The van der Waals surface area contributed by atoms with Gasteiger partial charge in [-0.25, -0.2) is 4.98 Å². The molecule has 9 heteroatoms. The molecule has 0 spiro atoms. The minimum atomic E-state index is -0.612. The van der Waals surface area contributed by atoms with Crippen LogP contribution in [0.2, 0.25) is 0 Å². The Labute approximate surface area is 154 Å².